The zero-order chi connectivity index (χ0) is 21.5. The van der Waals surface area contributed by atoms with Gasteiger partial charge in [0.1, 0.15) is 17.2 Å². The summed E-state index contributed by atoms with van der Waals surface area (Å²) in [4.78, 5) is 29.5. The zero-order valence-electron chi connectivity index (χ0n) is 16.9. The number of nitrogen functional groups attached to an aromatic ring is 1. The average molecular weight is 415 g/mol. The van der Waals surface area contributed by atoms with Crippen LogP contribution in [0.25, 0.3) is 11.0 Å². The van der Waals surface area contributed by atoms with E-state index in [-0.39, 0.29) is 17.9 Å². The molecule has 1 aromatic carbocycles. The standard InChI is InChI=1S/C22H21N7O2/c1-13-9-24-22(31)18-8-15-5-6-19(26-20(15)29(13)18)27-21(30)16-10-25-28(12-16)11-14-3-2-4-17(23)7-14/h2-8,10,12-13H,9,11,23H2,1H3,(H,24,31)(H,26,27,30)/t13-/m1/s1. The molecule has 4 heterocycles. The van der Waals surface area contributed by atoms with E-state index in [9.17, 15) is 9.59 Å². The molecule has 0 saturated carbocycles. The molecule has 1 atom stereocenters. The number of rotatable bonds is 4. The van der Waals surface area contributed by atoms with E-state index in [0.717, 1.165) is 10.9 Å². The number of hydrogen-bond donors (Lipinski definition) is 3. The summed E-state index contributed by atoms with van der Waals surface area (Å²) in [6, 6.07) is 13.0. The van der Waals surface area contributed by atoms with Crippen molar-refractivity contribution in [3.63, 3.8) is 0 Å². The van der Waals surface area contributed by atoms with Gasteiger partial charge in [-0.3, -0.25) is 14.3 Å². The second kappa shape index (κ2) is 7.28. The summed E-state index contributed by atoms with van der Waals surface area (Å²) in [5, 5.41) is 10.8. The van der Waals surface area contributed by atoms with Crippen molar-refractivity contribution < 1.29 is 9.59 Å². The van der Waals surface area contributed by atoms with E-state index in [1.807, 2.05) is 47.9 Å². The number of nitrogens with one attached hydrogen (secondary N) is 2. The minimum absolute atomic E-state index is 0.0777. The van der Waals surface area contributed by atoms with Crippen LogP contribution in [0.15, 0.2) is 54.9 Å². The van der Waals surface area contributed by atoms with Crippen molar-refractivity contribution in [3.05, 3.63) is 71.7 Å². The number of nitrogens with two attached hydrogens (primary N) is 1. The molecule has 0 aliphatic carbocycles. The molecule has 9 heteroatoms. The highest BCUT2D eigenvalue weighted by atomic mass is 16.2. The first-order valence-electron chi connectivity index (χ1n) is 9.96. The topological polar surface area (TPSA) is 120 Å². The summed E-state index contributed by atoms with van der Waals surface area (Å²) < 4.78 is 3.59. The predicted molar refractivity (Wildman–Crippen MR) is 117 cm³/mol. The van der Waals surface area contributed by atoms with Crippen molar-refractivity contribution in [1.82, 2.24) is 24.6 Å². The number of hydrogen-bond acceptors (Lipinski definition) is 5. The molecule has 4 aromatic rings. The molecule has 4 N–H and O–H groups in total. The number of amides is 2. The molecule has 156 valence electrons. The van der Waals surface area contributed by atoms with Gasteiger partial charge in [-0.15, -0.1) is 0 Å². The molecule has 0 saturated heterocycles. The van der Waals surface area contributed by atoms with Crippen LogP contribution in [0.3, 0.4) is 0 Å². The Balaban J connectivity index is 1.36. The van der Waals surface area contributed by atoms with Crippen LogP contribution in [0.5, 0.6) is 0 Å². The van der Waals surface area contributed by atoms with Gasteiger partial charge in [-0.25, -0.2) is 4.98 Å². The van der Waals surface area contributed by atoms with Crippen molar-refractivity contribution >= 4 is 34.4 Å². The van der Waals surface area contributed by atoms with Crippen molar-refractivity contribution in [3.8, 4) is 0 Å². The third-order valence-electron chi connectivity index (χ3n) is 5.35. The van der Waals surface area contributed by atoms with Crippen LogP contribution in [0.2, 0.25) is 0 Å². The van der Waals surface area contributed by atoms with Crippen molar-refractivity contribution in [2.45, 2.75) is 19.5 Å². The Kier molecular flexibility index (Phi) is 4.43. The van der Waals surface area contributed by atoms with Crippen LogP contribution in [-0.4, -0.2) is 37.7 Å². The summed E-state index contributed by atoms with van der Waals surface area (Å²) in [5.41, 5.74) is 9.18. The van der Waals surface area contributed by atoms with E-state index in [2.05, 4.69) is 20.7 Å². The second-order valence-electron chi connectivity index (χ2n) is 7.69. The first-order chi connectivity index (χ1) is 15.0. The first kappa shape index (κ1) is 18.9. The van der Waals surface area contributed by atoms with Gasteiger partial charge in [0, 0.05) is 23.8 Å². The van der Waals surface area contributed by atoms with Crippen molar-refractivity contribution in [2.75, 3.05) is 17.6 Å². The Morgan fingerprint density at radius 1 is 1.29 bits per heavy atom. The SMILES string of the molecule is C[C@@H]1CNC(=O)c2cc3ccc(NC(=O)c4cnn(Cc5cccc(N)c5)c4)nc3n21. The molecule has 0 fully saturated rings. The molecule has 0 unspecified atom stereocenters. The molecular formula is C22H21N7O2. The fraction of sp³-hybridized carbons (Fsp3) is 0.182. The maximum absolute atomic E-state index is 12.7. The summed E-state index contributed by atoms with van der Waals surface area (Å²) in [7, 11) is 0. The lowest BCUT2D eigenvalue weighted by Gasteiger charge is -2.23. The van der Waals surface area contributed by atoms with Crippen LogP contribution in [0, 0.1) is 0 Å². The monoisotopic (exact) mass is 415 g/mol. The molecule has 0 radical (unpaired) electrons. The lowest BCUT2D eigenvalue weighted by Crippen LogP contribution is -2.37. The van der Waals surface area contributed by atoms with Crippen LogP contribution >= 0.6 is 0 Å². The maximum atomic E-state index is 12.7. The quantitative estimate of drug-likeness (QED) is 0.442. The number of anilines is 2. The lowest BCUT2D eigenvalue weighted by molar-refractivity contribution is 0.0918. The predicted octanol–water partition coefficient (Wildman–Crippen LogP) is 2.42. The molecule has 1 aliphatic heterocycles. The number of carbonyl (C=O) groups is 2. The van der Waals surface area contributed by atoms with E-state index in [1.54, 1.807) is 16.9 Å². The van der Waals surface area contributed by atoms with Crippen LogP contribution in [0.4, 0.5) is 11.5 Å². The highest BCUT2D eigenvalue weighted by molar-refractivity contribution is 6.04. The number of carbonyl (C=O) groups excluding carboxylic acids is 2. The Morgan fingerprint density at radius 2 is 2.16 bits per heavy atom. The Bertz CT molecular complexity index is 1320. The summed E-state index contributed by atoms with van der Waals surface area (Å²) in [5.74, 6) is -0.00340. The van der Waals surface area contributed by atoms with E-state index < -0.39 is 0 Å². The Hall–Kier alpha value is -4.14. The molecule has 5 rings (SSSR count). The van der Waals surface area contributed by atoms with Gasteiger partial charge < -0.3 is 20.9 Å². The average Bonchev–Trinajstić information content (AvgIpc) is 3.36. The third kappa shape index (κ3) is 3.50. The largest absolute Gasteiger partial charge is 0.399 e. The second-order valence-corrected chi connectivity index (χ2v) is 7.69. The number of pyridine rings is 1. The minimum atomic E-state index is -0.304. The van der Waals surface area contributed by atoms with Gasteiger partial charge in [0.25, 0.3) is 11.8 Å². The fourth-order valence-corrected chi connectivity index (χ4v) is 3.84. The molecule has 1 aliphatic rings. The van der Waals surface area contributed by atoms with Crippen LogP contribution < -0.4 is 16.4 Å². The zero-order valence-corrected chi connectivity index (χ0v) is 16.9. The number of aromatic nitrogens is 4. The lowest BCUT2D eigenvalue weighted by atomic mass is 10.2. The van der Waals surface area contributed by atoms with Gasteiger partial charge in [0.2, 0.25) is 0 Å². The van der Waals surface area contributed by atoms with Crippen molar-refractivity contribution in [1.29, 1.82) is 0 Å². The number of nitrogens with zero attached hydrogens (tertiary/aromatic N) is 4. The third-order valence-corrected chi connectivity index (χ3v) is 5.35. The molecular weight excluding hydrogens is 394 g/mol. The highest BCUT2D eigenvalue weighted by Crippen LogP contribution is 2.26. The minimum Gasteiger partial charge on any atom is -0.399 e. The smallest absolute Gasteiger partial charge is 0.268 e. The van der Waals surface area contributed by atoms with Gasteiger partial charge in [-0.05, 0) is 42.8 Å². The maximum Gasteiger partial charge on any atom is 0.268 e. The fourth-order valence-electron chi connectivity index (χ4n) is 3.84. The van der Waals surface area contributed by atoms with Gasteiger partial charge in [-0.2, -0.15) is 5.10 Å². The van der Waals surface area contributed by atoms with Crippen LogP contribution in [-0.2, 0) is 6.54 Å². The summed E-state index contributed by atoms with van der Waals surface area (Å²) in [6.45, 7) is 3.07. The highest BCUT2D eigenvalue weighted by Gasteiger charge is 2.25. The summed E-state index contributed by atoms with van der Waals surface area (Å²) in [6.07, 6.45) is 3.20. The van der Waals surface area contributed by atoms with E-state index in [4.69, 9.17) is 5.73 Å². The van der Waals surface area contributed by atoms with Gasteiger partial charge >= 0.3 is 0 Å². The molecule has 2 amide bonds. The molecule has 9 nitrogen and oxygen atoms in total. The normalized spacial score (nSPS) is 15.5. The van der Waals surface area contributed by atoms with E-state index >= 15 is 0 Å². The Morgan fingerprint density at radius 3 is 3.00 bits per heavy atom. The molecule has 31 heavy (non-hydrogen) atoms. The first-order valence-corrected chi connectivity index (χ1v) is 9.96. The van der Waals surface area contributed by atoms with Gasteiger partial charge in [0.15, 0.2) is 0 Å². The molecule has 3 aromatic heterocycles. The molecule has 0 spiro atoms. The van der Waals surface area contributed by atoms with Crippen LogP contribution in [0.1, 0.15) is 39.4 Å². The van der Waals surface area contributed by atoms with Crippen molar-refractivity contribution in [2.24, 2.45) is 0 Å². The summed E-state index contributed by atoms with van der Waals surface area (Å²) >= 11 is 0. The van der Waals surface area contributed by atoms with E-state index in [1.165, 1.54) is 6.20 Å². The van der Waals surface area contributed by atoms with E-state index in [0.29, 0.717) is 41.5 Å². The van der Waals surface area contributed by atoms with Gasteiger partial charge in [-0.1, -0.05) is 12.1 Å². The Labute approximate surface area is 177 Å². The molecule has 0 bridgehead atoms. The number of benzene rings is 1. The van der Waals surface area contributed by atoms with Gasteiger partial charge in [0.05, 0.1) is 24.3 Å². The number of fused-ring (bicyclic) bond motifs is 3.